The van der Waals surface area contributed by atoms with E-state index < -0.39 is 0 Å². The summed E-state index contributed by atoms with van der Waals surface area (Å²) in [6, 6.07) is 10.4. The Morgan fingerprint density at radius 2 is 1.94 bits per heavy atom. The van der Waals surface area contributed by atoms with Crippen LogP contribution in [0.3, 0.4) is 0 Å². The molecule has 2 aromatic rings. The monoisotopic (exact) mass is 323 g/mol. The van der Waals surface area contributed by atoms with Gasteiger partial charge in [0.05, 0.1) is 5.02 Å². The molecule has 2 rings (SSSR count). The summed E-state index contributed by atoms with van der Waals surface area (Å²) >= 11 is 9.29. The molecule has 0 unspecified atom stereocenters. The number of nitrogens with two attached hydrogens (primary N) is 1. The zero-order valence-electron chi connectivity index (χ0n) is 9.71. The zero-order valence-corrected chi connectivity index (χ0v) is 12.0. The van der Waals surface area contributed by atoms with Gasteiger partial charge in [0.2, 0.25) is 0 Å². The summed E-state index contributed by atoms with van der Waals surface area (Å²) in [6.07, 6.45) is 0. The molecular formula is C14H11BrClNO. The Morgan fingerprint density at radius 3 is 2.56 bits per heavy atom. The lowest BCUT2D eigenvalue weighted by molar-refractivity contribution is 0.103. The SMILES string of the molecule is Cc1cc(N)ccc1C(=O)c1ccc(Br)c(Cl)c1. The van der Waals surface area contributed by atoms with Gasteiger partial charge < -0.3 is 5.73 Å². The molecule has 0 heterocycles. The van der Waals surface area contributed by atoms with Crippen LogP contribution in [-0.4, -0.2) is 5.78 Å². The number of hydrogen-bond donors (Lipinski definition) is 1. The highest BCUT2D eigenvalue weighted by Crippen LogP contribution is 2.25. The molecule has 0 aliphatic heterocycles. The van der Waals surface area contributed by atoms with Crippen LogP contribution in [0.25, 0.3) is 0 Å². The van der Waals surface area contributed by atoms with E-state index in [1.807, 2.05) is 6.92 Å². The number of carbonyl (C=O) groups is 1. The molecule has 18 heavy (non-hydrogen) atoms. The van der Waals surface area contributed by atoms with Crippen molar-refractivity contribution in [3.05, 3.63) is 62.6 Å². The van der Waals surface area contributed by atoms with Crippen molar-refractivity contribution >= 4 is 39.0 Å². The summed E-state index contributed by atoms with van der Waals surface area (Å²) in [5.41, 5.74) is 8.39. The number of nitrogen functional groups attached to an aromatic ring is 1. The minimum atomic E-state index is -0.0538. The summed E-state index contributed by atoms with van der Waals surface area (Å²) in [5.74, 6) is -0.0538. The normalized spacial score (nSPS) is 10.4. The maximum atomic E-state index is 12.3. The van der Waals surface area contributed by atoms with Crippen molar-refractivity contribution < 1.29 is 4.79 Å². The van der Waals surface area contributed by atoms with Gasteiger partial charge in [-0.2, -0.15) is 0 Å². The van der Waals surface area contributed by atoms with Gasteiger partial charge in [-0.3, -0.25) is 4.79 Å². The molecule has 0 aromatic heterocycles. The van der Waals surface area contributed by atoms with Crippen LogP contribution in [-0.2, 0) is 0 Å². The Bertz CT molecular complexity index is 625. The van der Waals surface area contributed by atoms with Crippen LogP contribution in [0.5, 0.6) is 0 Å². The second kappa shape index (κ2) is 5.12. The third-order valence-corrected chi connectivity index (χ3v) is 3.91. The number of halogens is 2. The van der Waals surface area contributed by atoms with Crippen molar-refractivity contribution in [2.45, 2.75) is 6.92 Å². The predicted molar refractivity (Wildman–Crippen MR) is 78.2 cm³/mol. The standard InChI is InChI=1S/C14H11BrClNO/c1-8-6-10(17)3-4-11(8)14(18)9-2-5-12(15)13(16)7-9/h2-7H,17H2,1H3. The highest BCUT2D eigenvalue weighted by atomic mass is 79.9. The van der Waals surface area contributed by atoms with Gasteiger partial charge in [0.1, 0.15) is 0 Å². The topological polar surface area (TPSA) is 43.1 Å². The highest BCUT2D eigenvalue weighted by Gasteiger charge is 2.13. The van der Waals surface area contributed by atoms with E-state index in [0.29, 0.717) is 21.8 Å². The van der Waals surface area contributed by atoms with Gasteiger partial charge in [-0.15, -0.1) is 0 Å². The molecule has 0 spiro atoms. The first-order valence-corrected chi connectivity index (χ1v) is 6.52. The van der Waals surface area contributed by atoms with E-state index in [1.54, 1.807) is 36.4 Å². The lowest BCUT2D eigenvalue weighted by atomic mass is 9.99. The Labute approximate surface area is 119 Å². The molecule has 0 saturated carbocycles. The van der Waals surface area contributed by atoms with Gasteiger partial charge in [0.15, 0.2) is 5.78 Å². The number of rotatable bonds is 2. The summed E-state index contributed by atoms with van der Waals surface area (Å²) in [5, 5.41) is 0.522. The molecule has 2 N–H and O–H groups in total. The van der Waals surface area contributed by atoms with E-state index in [1.165, 1.54) is 0 Å². The fourth-order valence-electron chi connectivity index (χ4n) is 1.73. The lowest BCUT2D eigenvalue weighted by Gasteiger charge is -2.07. The molecule has 0 fully saturated rings. The number of anilines is 1. The van der Waals surface area contributed by atoms with Crippen LogP contribution in [0.1, 0.15) is 21.5 Å². The summed E-state index contributed by atoms with van der Waals surface area (Å²) in [7, 11) is 0. The van der Waals surface area contributed by atoms with Crippen molar-refractivity contribution in [1.29, 1.82) is 0 Å². The zero-order chi connectivity index (χ0) is 13.3. The second-order valence-electron chi connectivity index (χ2n) is 4.03. The Kier molecular flexibility index (Phi) is 3.73. The van der Waals surface area contributed by atoms with Gasteiger partial charge in [-0.1, -0.05) is 11.6 Å². The molecule has 0 bridgehead atoms. The smallest absolute Gasteiger partial charge is 0.193 e. The van der Waals surface area contributed by atoms with Gasteiger partial charge in [-0.25, -0.2) is 0 Å². The molecule has 4 heteroatoms. The predicted octanol–water partition coefficient (Wildman–Crippen LogP) is 4.22. The summed E-state index contributed by atoms with van der Waals surface area (Å²) in [4.78, 5) is 12.3. The van der Waals surface area contributed by atoms with Crippen LogP contribution in [0.4, 0.5) is 5.69 Å². The molecule has 2 aromatic carbocycles. The van der Waals surface area contributed by atoms with Crippen LogP contribution < -0.4 is 5.73 Å². The van der Waals surface area contributed by atoms with E-state index in [9.17, 15) is 4.79 Å². The number of carbonyl (C=O) groups excluding carboxylic acids is 1. The largest absolute Gasteiger partial charge is 0.399 e. The van der Waals surface area contributed by atoms with Gasteiger partial charge in [0, 0.05) is 21.3 Å². The third kappa shape index (κ3) is 2.57. The Hall–Kier alpha value is -1.32. The number of benzene rings is 2. The average molecular weight is 325 g/mol. The van der Waals surface area contributed by atoms with Crippen molar-refractivity contribution in [2.24, 2.45) is 0 Å². The number of aryl methyl sites for hydroxylation is 1. The molecule has 0 aliphatic rings. The lowest BCUT2D eigenvalue weighted by Crippen LogP contribution is -2.04. The van der Waals surface area contributed by atoms with E-state index >= 15 is 0 Å². The van der Waals surface area contributed by atoms with Crippen molar-refractivity contribution in [1.82, 2.24) is 0 Å². The number of hydrogen-bond acceptors (Lipinski definition) is 2. The molecule has 0 aliphatic carbocycles. The molecular weight excluding hydrogens is 314 g/mol. The van der Waals surface area contributed by atoms with Gasteiger partial charge >= 0.3 is 0 Å². The minimum Gasteiger partial charge on any atom is -0.399 e. The van der Waals surface area contributed by atoms with E-state index in [0.717, 1.165) is 10.0 Å². The minimum absolute atomic E-state index is 0.0538. The van der Waals surface area contributed by atoms with Crippen LogP contribution in [0.15, 0.2) is 40.9 Å². The molecule has 0 radical (unpaired) electrons. The van der Waals surface area contributed by atoms with Crippen molar-refractivity contribution in [3.63, 3.8) is 0 Å². The molecule has 92 valence electrons. The van der Waals surface area contributed by atoms with Crippen LogP contribution in [0, 0.1) is 6.92 Å². The van der Waals surface area contributed by atoms with E-state index in [4.69, 9.17) is 17.3 Å². The first-order chi connectivity index (χ1) is 8.49. The fraction of sp³-hybridized carbons (Fsp3) is 0.0714. The maximum Gasteiger partial charge on any atom is 0.193 e. The van der Waals surface area contributed by atoms with E-state index in [2.05, 4.69) is 15.9 Å². The maximum absolute atomic E-state index is 12.3. The van der Waals surface area contributed by atoms with Crippen LogP contribution in [0.2, 0.25) is 5.02 Å². The highest BCUT2D eigenvalue weighted by molar-refractivity contribution is 9.10. The first-order valence-electron chi connectivity index (χ1n) is 5.35. The molecule has 0 saturated heterocycles. The molecule has 0 amide bonds. The van der Waals surface area contributed by atoms with Crippen molar-refractivity contribution in [2.75, 3.05) is 5.73 Å². The Morgan fingerprint density at radius 1 is 1.22 bits per heavy atom. The molecule has 2 nitrogen and oxygen atoms in total. The van der Waals surface area contributed by atoms with E-state index in [-0.39, 0.29) is 5.78 Å². The second-order valence-corrected chi connectivity index (χ2v) is 5.29. The molecule has 0 atom stereocenters. The van der Waals surface area contributed by atoms with Crippen LogP contribution >= 0.6 is 27.5 Å². The van der Waals surface area contributed by atoms with Crippen molar-refractivity contribution in [3.8, 4) is 0 Å². The third-order valence-electron chi connectivity index (χ3n) is 2.68. The first kappa shape index (κ1) is 13.1. The summed E-state index contributed by atoms with van der Waals surface area (Å²) < 4.78 is 0.773. The average Bonchev–Trinajstić information content (AvgIpc) is 2.32. The summed E-state index contributed by atoms with van der Waals surface area (Å²) in [6.45, 7) is 1.87. The number of ketones is 1. The quantitative estimate of drug-likeness (QED) is 0.664. The Balaban J connectivity index is 2.44. The van der Waals surface area contributed by atoms with Gasteiger partial charge in [-0.05, 0) is 64.8 Å². The fourth-order valence-corrected chi connectivity index (χ4v) is 2.16. The van der Waals surface area contributed by atoms with Gasteiger partial charge in [0.25, 0.3) is 0 Å².